The molecular weight excluding hydrogens is 238 g/mol. The van der Waals surface area contributed by atoms with Gasteiger partial charge < -0.3 is 10.0 Å². The molecule has 2 heterocycles. The number of nitrogens with zero attached hydrogens (tertiary/aromatic N) is 3. The van der Waals surface area contributed by atoms with Gasteiger partial charge in [-0.2, -0.15) is 5.10 Å². The highest BCUT2D eigenvalue weighted by atomic mass is 16.3. The lowest BCUT2D eigenvalue weighted by Crippen LogP contribution is -2.28. The summed E-state index contributed by atoms with van der Waals surface area (Å²) in [6.45, 7) is 2.79. The van der Waals surface area contributed by atoms with Crippen LogP contribution in [0.4, 0.5) is 5.69 Å². The molecule has 1 aromatic carbocycles. The highest BCUT2D eigenvalue weighted by Crippen LogP contribution is 2.32. The van der Waals surface area contributed by atoms with Crippen molar-refractivity contribution in [3.63, 3.8) is 0 Å². The summed E-state index contributed by atoms with van der Waals surface area (Å²) in [7, 11) is 0. The SMILES string of the molecule is OC1CCCN(CCn2cccn2)c2ccccc21. The summed E-state index contributed by atoms with van der Waals surface area (Å²) in [5.41, 5.74) is 2.22. The summed E-state index contributed by atoms with van der Waals surface area (Å²) in [6, 6.07) is 10.1. The van der Waals surface area contributed by atoms with Crippen molar-refractivity contribution >= 4 is 5.69 Å². The van der Waals surface area contributed by atoms with Gasteiger partial charge in [-0.25, -0.2) is 0 Å². The van der Waals surface area contributed by atoms with Crippen LogP contribution in [-0.4, -0.2) is 28.0 Å². The second kappa shape index (κ2) is 5.45. The predicted octanol–water partition coefficient (Wildman–Crippen LogP) is 2.22. The van der Waals surface area contributed by atoms with Gasteiger partial charge in [0, 0.05) is 36.7 Å². The van der Waals surface area contributed by atoms with Gasteiger partial charge in [-0.1, -0.05) is 18.2 Å². The van der Waals surface area contributed by atoms with Crippen LogP contribution in [-0.2, 0) is 6.54 Å². The molecule has 3 rings (SSSR count). The van der Waals surface area contributed by atoms with Gasteiger partial charge in [-0.15, -0.1) is 0 Å². The molecule has 0 amide bonds. The van der Waals surface area contributed by atoms with Crippen molar-refractivity contribution in [2.24, 2.45) is 0 Å². The summed E-state index contributed by atoms with van der Waals surface area (Å²) in [5, 5.41) is 14.4. The smallest absolute Gasteiger partial charge is 0.0810 e. The molecule has 1 aliphatic heterocycles. The summed E-state index contributed by atoms with van der Waals surface area (Å²) in [6.07, 6.45) is 5.33. The zero-order valence-electron chi connectivity index (χ0n) is 10.9. The van der Waals surface area contributed by atoms with Gasteiger partial charge >= 0.3 is 0 Å². The summed E-state index contributed by atoms with van der Waals surface area (Å²) in [5.74, 6) is 0. The summed E-state index contributed by atoms with van der Waals surface area (Å²) in [4.78, 5) is 2.35. The number of fused-ring (bicyclic) bond motifs is 1. The van der Waals surface area contributed by atoms with Gasteiger partial charge in [0.05, 0.1) is 12.6 Å². The quantitative estimate of drug-likeness (QED) is 0.916. The van der Waals surface area contributed by atoms with E-state index >= 15 is 0 Å². The fourth-order valence-electron chi connectivity index (χ4n) is 2.70. The lowest BCUT2D eigenvalue weighted by atomic mass is 10.0. The average molecular weight is 257 g/mol. The topological polar surface area (TPSA) is 41.3 Å². The Balaban J connectivity index is 1.79. The van der Waals surface area contributed by atoms with Crippen LogP contribution in [0, 0.1) is 0 Å². The average Bonchev–Trinajstić information content (AvgIpc) is 2.90. The molecule has 0 saturated carbocycles. The monoisotopic (exact) mass is 257 g/mol. The third-order valence-electron chi connectivity index (χ3n) is 3.70. The number of hydrogen-bond acceptors (Lipinski definition) is 3. The standard InChI is InChI=1S/C15H19N3O/c19-15-7-3-9-17(11-12-18-10-4-8-16-18)14-6-2-1-5-13(14)15/h1-2,4-6,8,10,15,19H,3,7,9,11-12H2. The molecular formula is C15H19N3O. The molecule has 1 aliphatic rings. The van der Waals surface area contributed by atoms with Gasteiger partial charge in [-0.05, 0) is 25.0 Å². The first-order valence-corrected chi connectivity index (χ1v) is 6.84. The van der Waals surface area contributed by atoms with Gasteiger partial charge in [0.25, 0.3) is 0 Å². The fourth-order valence-corrected chi connectivity index (χ4v) is 2.70. The molecule has 0 bridgehead atoms. The van der Waals surface area contributed by atoms with Crippen molar-refractivity contribution in [3.05, 3.63) is 48.3 Å². The van der Waals surface area contributed by atoms with Gasteiger partial charge in [-0.3, -0.25) is 4.68 Å². The van der Waals surface area contributed by atoms with E-state index in [4.69, 9.17) is 0 Å². The third-order valence-corrected chi connectivity index (χ3v) is 3.70. The molecule has 100 valence electrons. The number of hydrogen-bond donors (Lipinski definition) is 1. The Morgan fingerprint density at radius 1 is 1.21 bits per heavy atom. The van der Waals surface area contributed by atoms with Crippen LogP contribution in [0.15, 0.2) is 42.7 Å². The minimum absolute atomic E-state index is 0.328. The maximum atomic E-state index is 10.2. The number of benzene rings is 1. The fraction of sp³-hybridized carbons (Fsp3) is 0.400. The van der Waals surface area contributed by atoms with Crippen LogP contribution in [0.25, 0.3) is 0 Å². The molecule has 19 heavy (non-hydrogen) atoms. The molecule has 2 aromatic rings. The Hall–Kier alpha value is -1.81. The van der Waals surface area contributed by atoms with E-state index in [1.54, 1.807) is 6.20 Å². The van der Waals surface area contributed by atoms with E-state index in [-0.39, 0.29) is 6.10 Å². The second-order valence-corrected chi connectivity index (χ2v) is 4.97. The lowest BCUT2D eigenvalue weighted by Gasteiger charge is -2.25. The molecule has 0 radical (unpaired) electrons. The zero-order chi connectivity index (χ0) is 13.1. The van der Waals surface area contributed by atoms with Crippen molar-refractivity contribution in [2.75, 3.05) is 18.0 Å². The van der Waals surface area contributed by atoms with Crippen molar-refractivity contribution in [2.45, 2.75) is 25.5 Å². The minimum atomic E-state index is -0.328. The van der Waals surface area contributed by atoms with E-state index in [9.17, 15) is 5.11 Å². The van der Waals surface area contributed by atoms with Crippen molar-refractivity contribution in [1.82, 2.24) is 9.78 Å². The third kappa shape index (κ3) is 2.63. The highest BCUT2D eigenvalue weighted by molar-refractivity contribution is 5.55. The van der Waals surface area contributed by atoms with Crippen LogP contribution in [0.5, 0.6) is 0 Å². The van der Waals surface area contributed by atoms with Crippen LogP contribution < -0.4 is 4.90 Å². The van der Waals surface area contributed by atoms with Gasteiger partial charge in [0.1, 0.15) is 0 Å². The van der Waals surface area contributed by atoms with E-state index < -0.39 is 0 Å². The lowest BCUT2D eigenvalue weighted by molar-refractivity contribution is 0.168. The Labute approximate surface area is 113 Å². The maximum Gasteiger partial charge on any atom is 0.0810 e. The van der Waals surface area contributed by atoms with E-state index in [0.717, 1.165) is 38.0 Å². The molecule has 0 saturated heterocycles. The minimum Gasteiger partial charge on any atom is -0.388 e. The van der Waals surface area contributed by atoms with E-state index in [2.05, 4.69) is 16.1 Å². The molecule has 0 spiro atoms. The van der Waals surface area contributed by atoms with Crippen molar-refractivity contribution < 1.29 is 5.11 Å². The Morgan fingerprint density at radius 3 is 2.95 bits per heavy atom. The Morgan fingerprint density at radius 2 is 2.11 bits per heavy atom. The first-order valence-electron chi connectivity index (χ1n) is 6.84. The predicted molar refractivity (Wildman–Crippen MR) is 75.1 cm³/mol. The number of aliphatic hydroxyl groups excluding tert-OH is 1. The molecule has 4 nitrogen and oxygen atoms in total. The van der Waals surface area contributed by atoms with Gasteiger partial charge in [0.2, 0.25) is 0 Å². The number of anilines is 1. The Kier molecular flexibility index (Phi) is 3.51. The van der Waals surface area contributed by atoms with E-state index in [1.807, 2.05) is 35.1 Å². The van der Waals surface area contributed by atoms with E-state index in [0.29, 0.717) is 0 Å². The Bertz CT molecular complexity index is 524. The molecule has 4 heteroatoms. The molecule has 1 unspecified atom stereocenters. The highest BCUT2D eigenvalue weighted by Gasteiger charge is 2.20. The molecule has 1 atom stereocenters. The van der Waals surface area contributed by atoms with Crippen LogP contribution in [0.3, 0.4) is 0 Å². The molecule has 1 N–H and O–H groups in total. The largest absolute Gasteiger partial charge is 0.388 e. The zero-order valence-corrected chi connectivity index (χ0v) is 10.9. The molecule has 0 fully saturated rings. The first-order chi connectivity index (χ1) is 9.34. The van der Waals surface area contributed by atoms with Crippen molar-refractivity contribution in [1.29, 1.82) is 0 Å². The number of para-hydroxylation sites is 1. The first kappa shape index (κ1) is 12.2. The summed E-state index contributed by atoms with van der Waals surface area (Å²) < 4.78 is 1.95. The number of aromatic nitrogens is 2. The maximum absolute atomic E-state index is 10.2. The second-order valence-electron chi connectivity index (χ2n) is 4.97. The van der Waals surface area contributed by atoms with Crippen LogP contribution >= 0.6 is 0 Å². The molecule has 1 aromatic heterocycles. The van der Waals surface area contributed by atoms with Gasteiger partial charge in [0.15, 0.2) is 0 Å². The molecule has 0 aliphatic carbocycles. The number of rotatable bonds is 3. The van der Waals surface area contributed by atoms with Crippen LogP contribution in [0.2, 0.25) is 0 Å². The summed E-state index contributed by atoms with van der Waals surface area (Å²) >= 11 is 0. The number of aliphatic hydroxyl groups is 1. The van der Waals surface area contributed by atoms with Crippen molar-refractivity contribution in [3.8, 4) is 0 Å². The van der Waals surface area contributed by atoms with E-state index in [1.165, 1.54) is 5.69 Å². The normalized spacial score (nSPS) is 19.0. The van der Waals surface area contributed by atoms with Crippen LogP contribution in [0.1, 0.15) is 24.5 Å².